The van der Waals surface area contributed by atoms with Crippen LogP contribution in [0.3, 0.4) is 0 Å². The number of rotatable bonds is 6. The molecule has 230 valence electrons. The monoisotopic (exact) mass is 568 g/mol. The van der Waals surface area contributed by atoms with Crippen LogP contribution in [-0.4, -0.2) is 42.9 Å². The predicted molar refractivity (Wildman–Crippen MR) is 162 cm³/mol. The van der Waals surface area contributed by atoms with E-state index >= 15 is 0 Å². The lowest BCUT2D eigenvalue weighted by atomic mass is 9.33. The number of fused-ring (bicyclic) bond motifs is 7. The summed E-state index contributed by atoms with van der Waals surface area (Å²) in [4.78, 5) is 40.3. The number of carboxylic acids is 1. The standard InChI is InChI=1S/C35H56N2O4/c1-30(2)14-16-35(29(40)41)17-15-33(6)23(24(35)21-30)10-11-26-32(5)20-22(28(39)37-19-9-18-36-8)27(38)31(3,4)25(32)12-13-34(26,33)7/h10,22,24-26,36H,9,11-21H2,1-8H3,(H,37,39)(H,40,41)/t22?,24?,25-,26?,32-,33+,34+,35-/m0/s1. The van der Waals surface area contributed by atoms with E-state index in [0.29, 0.717) is 18.9 Å². The van der Waals surface area contributed by atoms with E-state index in [-0.39, 0.29) is 45.2 Å². The largest absolute Gasteiger partial charge is 0.481 e. The van der Waals surface area contributed by atoms with Crippen LogP contribution in [-0.2, 0) is 14.4 Å². The lowest BCUT2D eigenvalue weighted by Crippen LogP contribution is -2.66. The third-order valence-electron chi connectivity index (χ3n) is 14.0. The number of carbonyl (C=O) groups excluding carboxylic acids is 2. The van der Waals surface area contributed by atoms with Crippen LogP contribution in [0, 0.1) is 56.2 Å². The maximum absolute atomic E-state index is 13.9. The molecule has 4 saturated carbocycles. The first-order valence-electron chi connectivity index (χ1n) is 16.4. The van der Waals surface area contributed by atoms with Crippen molar-refractivity contribution in [1.29, 1.82) is 0 Å². The number of ketones is 1. The molecule has 0 bridgehead atoms. The van der Waals surface area contributed by atoms with Crippen molar-refractivity contribution >= 4 is 17.7 Å². The number of amides is 1. The van der Waals surface area contributed by atoms with Crippen LogP contribution in [0.2, 0.25) is 0 Å². The molecule has 0 radical (unpaired) electrons. The topological polar surface area (TPSA) is 95.5 Å². The average Bonchev–Trinajstić information content (AvgIpc) is 2.88. The Bertz CT molecular complexity index is 1140. The van der Waals surface area contributed by atoms with E-state index in [2.05, 4.69) is 65.2 Å². The second kappa shape index (κ2) is 9.92. The molecule has 8 atom stereocenters. The van der Waals surface area contributed by atoms with Crippen LogP contribution in [0.5, 0.6) is 0 Å². The normalized spacial score (nSPS) is 44.4. The zero-order valence-electron chi connectivity index (χ0n) is 27.0. The molecule has 1 amide bonds. The van der Waals surface area contributed by atoms with Crippen LogP contribution in [0.1, 0.15) is 113 Å². The minimum atomic E-state index is -0.638. The van der Waals surface area contributed by atoms with E-state index in [4.69, 9.17) is 0 Å². The number of carbonyl (C=O) groups is 3. The van der Waals surface area contributed by atoms with Crippen molar-refractivity contribution in [2.75, 3.05) is 20.1 Å². The highest BCUT2D eigenvalue weighted by Gasteiger charge is 2.70. The molecule has 0 heterocycles. The summed E-state index contributed by atoms with van der Waals surface area (Å²) in [6.07, 6.45) is 11.2. The molecular weight excluding hydrogens is 512 g/mol. The molecule has 5 aliphatic carbocycles. The van der Waals surface area contributed by atoms with Gasteiger partial charge in [-0.05, 0) is 117 Å². The molecule has 0 spiro atoms. The summed E-state index contributed by atoms with van der Waals surface area (Å²) in [5.74, 6) is -0.511. The lowest BCUT2D eigenvalue weighted by Gasteiger charge is -2.70. The summed E-state index contributed by atoms with van der Waals surface area (Å²) < 4.78 is 0. The van der Waals surface area contributed by atoms with Crippen molar-refractivity contribution in [1.82, 2.24) is 10.6 Å². The maximum Gasteiger partial charge on any atom is 0.310 e. The van der Waals surface area contributed by atoms with Crippen LogP contribution >= 0.6 is 0 Å². The van der Waals surface area contributed by atoms with E-state index in [0.717, 1.165) is 64.3 Å². The number of allylic oxidation sites excluding steroid dienone is 2. The van der Waals surface area contributed by atoms with Crippen LogP contribution in [0.4, 0.5) is 0 Å². The van der Waals surface area contributed by atoms with Crippen molar-refractivity contribution in [2.45, 2.75) is 113 Å². The Morgan fingerprint density at radius 1 is 0.927 bits per heavy atom. The Hall–Kier alpha value is -1.69. The number of nitrogens with one attached hydrogen (secondary N) is 2. The van der Waals surface area contributed by atoms with Gasteiger partial charge in [-0.2, -0.15) is 0 Å². The Morgan fingerprint density at radius 3 is 2.27 bits per heavy atom. The molecule has 3 unspecified atom stereocenters. The van der Waals surface area contributed by atoms with Crippen molar-refractivity contribution in [3.05, 3.63) is 11.6 Å². The van der Waals surface area contributed by atoms with Gasteiger partial charge < -0.3 is 15.7 Å². The van der Waals surface area contributed by atoms with E-state index < -0.39 is 22.7 Å². The van der Waals surface area contributed by atoms with Gasteiger partial charge in [0.1, 0.15) is 0 Å². The van der Waals surface area contributed by atoms with E-state index in [9.17, 15) is 19.5 Å². The molecule has 6 heteroatoms. The molecule has 0 aromatic heterocycles. The predicted octanol–water partition coefficient (Wildman–Crippen LogP) is 6.39. The van der Waals surface area contributed by atoms with Crippen LogP contribution in [0.15, 0.2) is 11.6 Å². The molecule has 5 aliphatic rings. The van der Waals surface area contributed by atoms with Crippen molar-refractivity contribution in [3.63, 3.8) is 0 Å². The average molecular weight is 569 g/mol. The van der Waals surface area contributed by atoms with E-state index in [1.54, 1.807) is 0 Å². The second-order valence-electron chi connectivity index (χ2n) is 16.8. The van der Waals surface area contributed by atoms with Gasteiger partial charge >= 0.3 is 5.97 Å². The van der Waals surface area contributed by atoms with Crippen molar-refractivity contribution < 1.29 is 19.5 Å². The third-order valence-corrected chi connectivity index (χ3v) is 14.0. The van der Waals surface area contributed by atoms with Gasteiger partial charge in [0.05, 0.1) is 11.3 Å². The van der Waals surface area contributed by atoms with Gasteiger partial charge in [-0.25, -0.2) is 0 Å². The Morgan fingerprint density at radius 2 is 1.61 bits per heavy atom. The minimum absolute atomic E-state index is 0.00112. The quantitative estimate of drug-likeness (QED) is 0.196. The van der Waals surface area contributed by atoms with E-state index in [1.165, 1.54) is 5.57 Å². The molecule has 5 rings (SSSR count). The van der Waals surface area contributed by atoms with Crippen LogP contribution in [0.25, 0.3) is 0 Å². The first-order valence-corrected chi connectivity index (χ1v) is 16.4. The maximum atomic E-state index is 13.9. The highest BCUT2D eigenvalue weighted by Crippen LogP contribution is 2.75. The molecule has 0 saturated heterocycles. The number of hydrogen-bond donors (Lipinski definition) is 3. The van der Waals surface area contributed by atoms with Gasteiger partial charge in [-0.1, -0.05) is 60.1 Å². The third kappa shape index (κ3) is 4.31. The SMILES string of the molecule is CNCCCNC(=O)C1C[C@]2(C)C3CC=C4C5CC(C)(C)CC[C@]5(C(=O)O)CC[C@@]4(C)[C@]3(C)CC[C@H]2C(C)(C)C1=O. The van der Waals surface area contributed by atoms with E-state index in [1.807, 2.05) is 7.05 Å². The fraction of sp³-hybridized carbons (Fsp3) is 0.857. The molecular formula is C35H56N2O4. The Balaban J connectivity index is 1.52. The molecule has 0 aromatic rings. The number of hydrogen-bond acceptors (Lipinski definition) is 4. The van der Waals surface area contributed by atoms with Gasteiger partial charge in [-0.3, -0.25) is 14.4 Å². The van der Waals surface area contributed by atoms with Crippen molar-refractivity contribution in [2.24, 2.45) is 56.2 Å². The Labute approximate surface area is 248 Å². The van der Waals surface area contributed by atoms with Crippen LogP contribution < -0.4 is 10.6 Å². The zero-order valence-corrected chi connectivity index (χ0v) is 27.0. The highest BCUT2D eigenvalue weighted by atomic mass is 16.4. The smallest absolute Gasteiger partial charge is 0.310 e. The fourth-order valence-electron chi connectivity index (χ4n) is 11.4. The molecule has 0 aromatic carbocycles. The van der Waals surface area contributed by atoms with Gasteiger partial charge in [0.2, 0.25) is 5.91 Å². The number of carboxylic acid groups (broad SMARTS) is 1. The Kier molecular flexibility index (Phi) is 7.44. The minimum Gasteiger partial charge on any atom is -0.481 e. The fourth-order valence-corrected chi connectivity index (χ4v) is 11.4. The van der Waals surface area contributed by atoms with Crippen molar-refractivity contribution in [3.8, 4) is 0 Å². The summed E-state index contributed by atoms with van der Waals surface area (Å²) in [6, 6.07) is 0. The van der Waals surface area contributed by atoms with Gasteiger partial charge in [0.15, 0.2) is 5.78 Å². The summed E-state index contributed by atoms with van der Waals surface area (Å²) >= 11 is 0. The van der Waals surface area contributed by atoms with Gasteiger partial charge in [-0.15, -0.1) is 0 Å². The highest BCUT2D eigenvalue weighted by molar-refractivity contribution is 6.04. The summed E-state index contributed by atoms with van der Waals surface area (Å²) in [5.41, 5.74) is 0.160. The summed E-state index contributed by atoms with van der Waals surface area (Å²) in [6.45, 7) is 17.6. The second-order valence-corrected chi connectivity index (χ2v) is 16.8. The molecule has 4 fully saturated rings. The summed E-state index contributed by atoms with van der Waals surface area (Å²) in [5, 5.41) is 16.8. The molecule has 3 N–H and O–H groups in total. The number of aliphatic carboxylic acids is 1. The number of Topliss-reactive ketones (excluding diaryl/α,β-unsaturated/α-hetero) is 1. The molecule has 6 nitrogen and oxygen atoms in total. The first-order chi connectivity index (χ1) is 19.0. The lowest BCUT2D eigenvalue weighted by molar-refractivity contribution is -0.195. The van der Waals surface area contributed by atoms with Gasteiger partial charge in [0, 0.05) is 12.0 Å². The molecule has 0 aliphatic heterocycles. The van der Waals surface area contributed by atoms with Gasteiger partial charge in [0.25, 0.3) is 0 Å². The zero-order chi connectivity index (χ0) is 30.2. The first kappa shape index (κ1) is 30.8. The molecule has 41 heavy (non-hydrogen) atoms. The summed E-state index contributed by atoms with van der Waals surface area (Å²) in [7, 11) is 1.91.